The lowest BCUT2D eigenvalue weighted by molar-refractivity contribution is -0.128. The number of rotatable bonds is 5. The fourth-order valence-electron chi connectivity index (χ4n) is 4.54. The van der Waals surface area contributed by atoms with E-state index in [1.165, 1.54) is 17.6 Å². The van der Waals surface area contributed by atoms with Gasteiger partial charge in [-0.05, 0) is 42.5 Å². The van der Waals surface area contributed by atoms with E-state index in [1.54, 1.807) is 71.9 Å². The van der Waals surface area contributed by atoms with Gasteiger partial charge in [-0.25, -0.2) is 0 Å². The zero-order valence-electron chi connectivity index (χ0n) is 19.9. The van der Waals surface area contributed by atoms with Crippen molar-refractivity contribution < 1.29 is 14.4 Å². The number of amides is 3. The van der Waals surface area contributed by atoms with Gasteiger partial charge in [-0.1, -0.05) is 23.7 Å². The Morgan fingerprint density at radius 2 is 1.81 bits per heavy atom. The highest BCUT2D eigenvalue weighted by Gasteiger charge is 2.39. The lowest BCUT2D eigenvalue weighted by Crippen LogP contribution is -2.44. The summed E-state index contributed by atoms with van der Waals surface area (Å²) in [5, 5.41) is 7.17. The molecule has 1 saturated heterocycles. The van der Waals surface area contributed by atoms with E-state index in [-0.39, 0.29) is 36.4 Å². The van der Waals surface area contributed by atoms with Crippen LogP contribution < -0.4 is 16.2 Å². The van der Waals surface area contributed by atoms with Crippen LogP contribution >= 0.6 is 11.6 Å². The highest BCUT2D eigenvalue weighted by Crippen LogP contribution is 2.25. The Bertz CT molecular complexity index is 1560. The van der Waals surface area contributed by atoms with Crippen molar-refractivity contribution in [2.24, 2.45) is 5.92 Å². The van der Waals surface area contributed by atoms with Crippen molar-refractivity contribution in [1.82, 2.24) is 19.8 Å². The number of hydrogen-bond acceptors (Lipinski definition) is 4. The van der Waals surface area contributed by atoms with Gasteiger partial charge in [0.05, 0.1) is 17.0 Å². The first-order valence-electron chi connectivity index (χ1n) is 11.7. The fourth-order valence-corrected chi connectivity index (χ4v) is 4.76. The molecule has 3 amide bonds. The maximum atomic E-state index is 13.2. The molecule has 0 spiro atoms. The normalized spacial score (nSPS) is 17.1. The van der Waals surface area contributed by atoms with Crippen molar-refractivity contribution in [3.05, 3.63) is 94.0 Å². The minimum absolute atomic E-state index is 0.160. The molecule has 9 nitrogen and oxygen atoms in total. The van der Waals surface area contributed by atoms with E-state index in [0.29, 0.717) is 22.0 Å². The molecule has 0 aliphatic carbocycles. The standard InChI is InChI=1S/C27H24ClN5O4/c1-16(34)32-14-21(24(15-32)31-26(36)17-5-10-20-22(28)13-29-23(20)12-17)27(37)30-18-6-8-19(9-7-18)33-11-3-2-4-25(33)35/h2-13,21,24,29H,14-15H2,1H3,(H,30,37)(H,31,36)/t21-,24-/m0/s1. The van der Waals surface area contributed by atoms with Gasteiger partial charge >= 0.3 is 0 Å². The van der Waals surface area contributed by atoms with E-state index in [4.69, 9.17) is 11.6 Å². The van der Waals surface area contributed by atoms with Crippen LogP contribution in [0.5, 0.6) is 0 Å². The lowest BCUT2D eigenvalue weighted by Gasteiger charge is -2.19. The first kappa shape index (κ1) is 24.3. The molecule has 0 saturated carbocycles. The summed E-state index contributed by atoms with van der Waals surface area (Å²) in [6, 6.07) is 16.3. The third-order valence-electron chi connectivity index (χ3n) is 6.55. The van der Waals surface area contributed by atoms with Crippen LogP contribution in [0.2, 0.25) is 5.02 Å². The van der Waals surface area contributed by atoms with Crippen LogP contribution in [-0.4, -0.2) is 51.3 Å². The van der Waals surface area contributed by atoms with Gasteiger partial charge in [0.2, 0.25) is 11.8 Å². The van der Waals surface area contributed by atoms with Crippen molar-refractivity contribution in [2.75, 3.05) is 18.4 Å². The van der Waals surface area contributed by atoms with E-state index >= 15 is 0 Å². The fraction of sp³-hybridized carbons (Fsp3) is 0.185. The second-order valence-electron chi connectivity index (χ2n) is 8.95. The molecule has 2 aromatic carbocycles. The number of carbonyl (C=O) groups is 3. The Balaban J connectivity index is 1.31. The molecule has 188 valence electrons. The van der Waals surface area contributed by atoms with Crippen LogP contribution in [0.4, 0.5) is 5.69 Å². The highest BCUT2D eigenvalue weighted by atomic mass is 35.5. The number of hydrogen-bond donors (Lipinski definition) is 3. The van der Waals surface area contributed by atoms with Crippen LogP contribution in [0.3, 0.4) is 0 Å². The van der Waals surface area contributed by atoms with Crippen molar-refractivity contribution in [3.8, 4) is 5.69 Å². The molecule has 0 bridgehead atoms. The molecule has 3 N–H and O–H groups in total. The summed E-state index contributed by atoms with van der Waals surface area (Å²) in [5.41, 5.74) is 2.19. The molecule has 0 radical (unpaired) electrons. The summed E-state index contributed by atoms with van der Waals surface area (Å²) in [4.78, 5) is 54.9. The number of halogens is 1. The van der Waals surface area contributed by atoms with Gasteiger partial charge in [-0.3, -0.25) is 23.7 Å². The molecule has 1 aliphatic rings. The van der Waals surface area contributed by atoms with Crippen LogP contribution in [0.15, 0.2) is 77.9 Å². The molecule has 37 heavy (non-hydrogen) atoms. The first-order valence-corrected chi connectivity index (χ1v) is 12.1. The third kappa shape index (κ3) is 4.99. The summed E-state index contributed by atoms with van der Waals surface area (Å²) >= 11 is 6.13. The zero-order chi connectivity index (χ0) is 26.1. The quantitative estimate of drug-likeness (QED) is 0.377. The number of pyridine rings is 1. The SMILES string of the molecule is CC(=O)N1C[C@H](NC(=O)c2ccc3c(Cl)c[nH]c3c2)[C@@H](C(=O)Nc2ccc(-n3ccccc3=O)cc2)C1. The maximum absolute atomic E-state index is 13.2. The molecule has 1 fully saturated rings. The average Bonchev–Trinajstić information content (AvgIpc) is 3.48. The molecule has 10 heteroatoms. The van der Waals surface area contributed by atoms with E-state index in [0.717, 1.165) is 10.9 Å². The molecular formula is C27H24ClN5O4. The van der Waals surface area contributed by atoms with Crippen LogP contribution in [0.25, 0.3) is 16.6 Å². The number of carbonyl (C=O) groups excluding carboxylic acids is 3. The van der Waals surface area contributed by atoms with Gasteiger partial charge < -0.3 is 20.5 Å². The number of aromatic nitrogens is 2. The Morgan fingerprint density at radius 3 is 2.54 bits per heavy atom. The minimum Gasteiger partial charge on any atom is -0.360 e. The predicted molar refractivity (Wildman–Crippen MR) is 141 cm³/mol. The van der Waals surface area contributed by atoms with Gasteiger partial charge in [0.1, 0.15) is 0 Å². The van der Waals surface area contributed by atoms with E-state index in [9.17, 15) is 19.2 Å². The largest absolute Gasteiger partial charge is 0.360 e. The zero-order valence-corrected chi connectivity index (χ0v) is 20.7. The topological polar surface area (TPSA) is 116 Å². The summed E-state index contributed by atoms with van der Waals surface area (Å²) in [7, 11) is 0. The summed E-state index contributed by atoms with van der Waals surface area (Å²) in [6.07, 6.45) is 3.32. The molecule has 2 atom stereocenters. The number of likely N-dealkylation sites (tertiary alicyclic amines) is 1. The molecular weight excluding hydrogens is 494 g/mol. The number of aromatic amines is 1. The predicted octanol–water partition coefficient (Wildman–Crippen LogP) is 3.19. The maximum Gasteiger partial charge on any atom is 0.255 e. The molecule has 0 unspecified atom stereocenters. The van der Waals surface area contributed by atoms with Gasteiger partial charge in [-0.15, -0.1) is 0 Å². The molecule has 2 aromatic heterocycles. The summed E-state index contributed by atoms with van der Waals surface area (Å²) < 4.78 is 1.50. The second-order valence-corrected chi connectivity index (χ2v) is 9.36. The molecule has 1 aliphatic heterocycles. The van der Waals surface area contributed by atoms with Crippen molar-refractivity contribution in [2.45, 2.75) is 13.0 Å². The summed E-state index contributed by atoms with van der Waals surface area (Å²) in [5.74, 6) is -1.48. The smallest absolute Gasteiger partial charge is 0.255 e. The third-order valence-corrected chi connectivity index (χ3v) is 6.86. The Morgan fingerprint density at radius 1 is 1.03 bits per heavy atom. The number of nitrogens with zero attached hydrogens (tertiary/aromatic N) is 2. The van der Waals surface area contributed by atoms with Gasteiger partial charge in [0.25, 0.3) is 11.5 Å². The Kier molecular flexibility index (Phi) is 6.54. The van der Waals surface area contributed by atoms with Gasteiger partial charge in [0.15, 0.2) is 0 Å². The molecule has 4 aromatic rings. The molecule has 5 rings (SSSR count). The molecule has 3 heterocycles. The van der Waals surface area contributed by atoms with Crippen molar-refractivity contribution >= 4 is 45.9 Å². The van der Waals surface area contributed by atoms with Crippen LogP contribution in [-0.2, 0) is 9.59 Å². The van der Waals surface area contributed by atoms with E-state index in [2.05, 4.69) is 15.6 Å². The summed E-state index contributed by atoms with van der Waals surface area (Å²) in [6.45, 7) is 1.85. The minimum atomic E-state index is -0.645. The Hall–Kier alpha value is -4.37. The van der Waals surface area contributed by atoms with E-state index in [1.807, 2.05) is 0 Å². The Labute approximate surface area is 217 Å². The number of nitrogens with one attached hydrogen (secondary N) is 3. The van der Waals surface area contributed by atoms with Crippen molar-refractivity contribution in [3.63, 3.8) is 0 Å². The number of anilines is 1. The second kappa shape index (κ2) is 9.94. The van der Waals surface area contributed by atoms with Crippen molar-refractivity contribution in [1.29, 1.82) is 0 Å². The number of fused-ring (bicyclic) bond motifs is 1. The first-order chi connectivity index (χ1) is 17.8. The van der Waals surface area contributed by atoms with Crippen LogP contribution in [0.1, 0.15) is 17.3 Å². The van der Waals surface area contributed by atoms with E-state index < -0.39 is 12.0 Å². The van der Waals surface area contributed by atoms with Gasteiger partial charge in [-0.2, -0.15) is 0 Å². The van der Waals surface area contributed by atoms with Gasteiger partial charge in [0, 0.05) is 66.3 Å². The van der Waals surface area contributed by atoms with Crippen LogP contribution in [0, 0.1) is 5.92 Å². The monoisotopic (exact) mass is 517 g/mol. The highest BCUT2D eigenvalue weighted by molar-refractivity contribution is 6.35. The number of benzene rings is 2. The average molecular weight is 518 g/mol. The number of H-pyrrole nitrogens is 1. The lowest BCUT2D eigenvalue weighted by atomic mass is 10.0.